The summed E-state index contributed by atoms with van der Waals surface area (Å²) in [6.45, 7) is 6.76. The van der Waals surface area contributed by atoms with E-state index < -0.39 is 0 Å². The van der Waals surface area contributed by atoms with Gasteiger partial charge in [0.15, 0.2) is 0 Å². The molecule has 0 unspecified atom stereocenters. The van der Waals surface area contributed by atoms with Crippen molar-refractivity contribution in [3.05, 3.63) is 36.4 Å². The third-order valence-corrected chi connectivity index (χ3v) is 2.31. The van der Waals surface area contributed by atoms with E-state index in [-0.39, 0.29) is 0 Å². The lowest BCUT2D eigenvalue weighted by Crippen LogP contribution is -2.04. The number of rotatable bonds is 3. The maximum absolute atomic E-state index is 4.49. The molecule has 0 fully saturated rings. The van der Waals surface area contributed by atoms with Crippen LogP contribution in [0, 0.1) is 0 Å². The minimum Gasteiger partial charge on any atom is -0.359 e. The minimum atomic E-state index is 0.802. The summed E-state index contributed by atoms with van der Waals surface area (Å²) in [5.41, 5.74) is 3.28. The zero-order valence-corrected chi connectivity index (χ0v) is 9.12. The van der Waals surface area contributed by atoms with E-state index >= 15 is 0 Å². The normalized spacial score (nSPS) is 10.5. The summed E-state index contributed by atoms with van der Waals surface area (Å²) in [5, 5.41) is 3.10. The van der Waals surface area contributed by atoms with Crippen molar-refractivity contribution in [2.75, 3.05) is 12.4 Å². The number of anilines is 1. The first-order chi connectivity index (χ1) is 7.22. The van der Waals surface area contributed by atoms with Crippen molar-refractivity contribution in [3.63, 3.8) is 0 Å². The van der Waals surface area contributed by atoms with E-state index in [4.69, 9.17) is 0 Å². The highest BCUT2D eigenvalue weighted by atomic mass is 15.2. The number of allylic oxidation sites excluding steroid dienone is 1. The molecule has 0 atom stereocenters. The fraction of sp³-hybridized carbons (Fsp3) is 0.250. The summed E-state index contributed by atoms with van der Waals surface area (Å²) in [6.07, 6.45) is 0. The molecule has 15 heavy (non-hydrogen) atoms. The number of aromatic nitrogens is 2. The molecule has 78 valence electrons. The van der Waals surface area contributed by atoms with E-state index in [1.54, 1.807) is 0 Å². The van der Waals surface area contributed by atoms with E-state index in [1.165, 1.54) is 0 Å². The second-order valence-electron chi connectivity index (χ2n) is 3.72. The number of hydrogen-bond donors (Lipinski definition) is 1. The molecule has 0 amide bonds. The highest BCUT2D eigenvalue weighted by Gasteiger charge is 2.07. The smallest absolute Gasteiger partial charge is 0.203 e. The Balaban J connectivity index is 2.61. The topological polar surface area (TPSA) is 29.9 Å². The standard InChI is InChI=1S/C12H15N3/c1-9(2)8-15-11-7-5-4-6-10(11)14-12(15)13-3/h4-7H,1,8H2,2-3H3,(H,13,14). The lowest BCUT2D eigenvalue weighted by Gasteiger charge is -2.07. The molecule has 1 aromatic carbocycles. The minimum absolute atomic E-state index is 0.802. The van der Waals surface area contributed by atoms with Gasteiger partial charge < -0.3 is 9.88 Å². The van der Waals surface area contributed by atoms with Gasteiger partial charge in [-0.15, -0.1) is 0 Å². The van der Waals surface area contributed by atoms with Gasteiger partial charge in [0.05, 0.1) is 11.0 Å². The average Bonchev–Trinajstić information content (AvgIpc) is 2.56. The molecule has 1 heterocycles. The molecular weight excluding hydrogens is 186 g/mol. The van der Waals surface area contributed by atoms with Gasteiger partial charge in [-0.25, -0.2) is 4.98 Å². The van der Waals surface area contributed by atoms with Crippen LogP contribution in [0.4, 0.5) is 5.95 Å². The van der Waals surface area contributed by atoms with Crippen LogP contribution in [0.2, 0.25) is 0 Å². The molecule has 0 aliphatic heterocycles. The summed E-state index contributed by atoms with van der Waals surface area (Å²) in [4.78, 5) is 4.49. The first-order valence-corrected chi connectivity index (χ1v) is 5.00. The van der Waals surface area contributed by atoms with Crippen molar-refractivity contribution in [1.82, 2.24) is 9.55 Å². The van der Waals surface area contributed by atoms with Gasteiger partial charge in [0, 0.05) is 13.6 Å². The molecule has 2 aromatic rings. The highest BCUT2D eigenvalue weighted by Crippen LogP contribution is 2.19. The molecule has 0 aliphatic rings. The Morgan fingerprint density at radius 3 is 2.87 bits per heavy atom. The van der Waals surface area contributed by atoms with Crippen molar-refractivity contribution in [2.45, 2.75) is 13.5 Å². The number of para-hydroxylation sites is 2. The predicted molar refractivity (Wildman–Crippen MR) is 64.1 cm³/mol. The monoisotopic (exact) mass is 201 g/mol. The number of hydrogen-bond acceptors (Lipinski definition) is 2. The van der Waals surface area contributed by atoms with Crippen molar-refractivity contribution in [2.24, 2.45) is 0 Å². The number of imidazole rings is 1. The van der Waals surface area contributed by atoms with Gasteiger partial charge in [-0.3, -0.25) is 0 Å². The van der Waals surface area contributed by atoms with Gasteiger partial charge in [0.25, 0.3) is 0 Å². The largest absolute Gasteiger partial charge is 0.359 e. The van der Waals surface area contributed by atoms with Crippen LogP contribution in [-0.2, 0) is 6.54 Å². The van der Waals surface area contributed by atoms with Crippen LogP contribution < -0.4 is 5.32 Å². The molecule has 2 rings (SSSR count). The number of nitrogens with one attached hydrogen (secondary N) is 1. The second kappa shape index (κ2) is 3.77. The maximum Gasteiger partial charge on any atom is 0.203 e. The maximum atomic E-state index is 4.49. The number of benzene rings is 1. The summed E-state index contributed by atoms with van der Waals surface area (Å²) < 4.78 is 2.14. The molecule has 0 saturated carbocycles. The summed E-state index contributed by atoms with van der Waals surface area (Å²) in [5.74, 6) is 0.888. The van der Waals surface area contributed by atoms with E-state index in [2.05, 4.69) is 27.5 Å². The molecule has 3 nitrogen and oxygen atoms in total. The fourth-order valence-corrected chi connectivity index (χ4v) is 1.70. The fourth-order valence-electron chi connectivity index (χ4n) is 1.70. The molecule has 1 aromatic heterocycles. The molecule has 0 aliphatic carbocycles. The Kier molecular flexibility index (Phi) is 2.46. The number of fused-ring (bicyclic) bond motifs is 1. The van der Waals surface area contributed by atoms with Crippen LogP contribution in [-0.4, -0.2) is 16.6 Å². The van der Waals surface area contributed by atoms with Crippen LogP contribution in [0.15, 0.2) is 36.4 Å². The molecule has 1 N–H and O–H groups in total. The Morgan fingerprint density at radius 2 is 2.20 bits per heavy atom. The Hall–Kier alpha value is -1.77. The predicted octanol–water partition coefficient (Wildman–Crippen LogP) is 2.65. The van der Waals surface area contributed by atoms with E-state index in [0.29, 0.717) is 0 Å². The van der Waals surface area contributed by atoms with Gasteiger partial charge in [-0.1, -0.05) is 24.3 Å². The van der Waals surface area contributed by atoms with Crippen molar-refractivity contribution in [1.29, 1.82) is 0 Å². The van der Waals surface area contributed by atoms with Crippen molar-refractivity contribution >= 4 is 17.0 Å². The Labute approximate surface area is 89.4 Å². The van der Waals surface area contributed by atoms with Gasteiger partial charge in [0.2, 0.25) is 5.95 Å². The van der Waals surface area contributed by atoms with Crippen LogP contribution in [0.5, 0.6) is 0 Å². The lowest BCUT2D eigenvalue weighted by molar-refractivity contribution is 0.818. The SMILES string of the molecule is C=C(C)Cn1c(NC)nc2ccccc21. The van der Waals surface area contributed by atoms with Crippen LogP contribution in [0.25, 0.3) is 11.0 Å². The van der Waals surface area contributed by atoms with Gasteiger partial charge >= 0.3 is 0 Å². The van der Waals surface area contributed by atoms with Gasteiger partial charge in [-0.05, 0) is 19.1 Å². The van der Waals surface area contributed by atoms with E-state index in [1.807, 2.05) is 32.2 Å². The molecule has 0 saturated heterocycles. The summed E-state index contributed by atoms with van der Waals surface area (Å²) in [7, 11) is 1.89. The second-order valence-corrected chi connectivity index (χ2v) is 3.72. The lowest BCUT2D eigenvalue weighted by atomic mass is 10.3. The quantitative estimate of drug-likeness (QED) is 0.774. The first-order valence-electron chi connectivity index (χ1n) is 5.00. The van der Waals surface area contributed by atoms with Crippen LogP contribution >= 0.6 is 0 Å². The van der Waals surface area contributed by atoms with E-state index in [9.17, 15) is 0 Å². The van der Waals surface area contributed by atoms with Crippen LogP contribution in [0.1, 0.15) is 6.92 Å². The first kappa shape index (κ1) is 9.77. The third kappa shape index (κ3) is 1.73. The molecule has 0 bridgehead atoms. The third-order valence-electron chi connectivity index (χ3n) is 2.31. The molecule has 0 radical (unpaired) electrons. The van der Waals surface area contributed by atoms with E-state index in [0.717, 1.165) is 29.1 Å². The molecule has 0 spiro atoms. The molecule has 3 heteroatoms. The zero-order valence-electron chi connectivity index (χ0n) is 9.12. The van der Waals surface area contributed by atoms with Crippen molar-refractivity contribution < 1.29 is 0 Å². The average molecular weight is 201 g/mol. The number of nitrogens with zero attached hydrogens (tertiary/aromatic N) is 2. The summed E-state index contributed by atoms with van der Waals surface area (Å²) >= 11 is 0. The van der Waals surface area contributed by atoms with Crippen molar-refractivity contribution in [3.8, 4) is 0 Å². The van der Waals surface area contributed by atoms with Crippen LogP contribution in [0.3, 0.4) is 0 Å². The highest BCUT2D eigenvalue weighted by molar-refractivity contribution is 5.78. The van der Waals surface area contributed by atoms with Gasteiger partial charge in [-0.2, -0.15) is 0 Å². The van der Waals surface area contributed by atoms with Gasteiger partial charge in [0.1, 0.15) is 0 Å². The Morgan fingerprint density at radius 1 is 1.47 bits per heavy atom. The zero-order chi connectivity index (χ0) is 10.8. The molecular formula is C12H15N3. The summed E-state index contributed by atoms with van der Waals surface area (Å²) in [6, 6.07) is 8.12. The Bertz CT molecular complexity index is 497.